The molecule has 1 atom stereocenters. The van der Waals surface area contributed by atoms with Crippen LogP contribution in [0.3, 0.4) is 0 Å². The van der Waals surface area contributed by atoms with E-state index in [9.17, 15) is 4.39 Å². The van der Waals surface area contributed by atoms with Crippen molar-refractivity contribution in [3.8, 4) is 0 Å². The van der Waals surface area contributed by atoms with Gasteiger partial charge in [-0.25, -0.2) is 4.39 Å². The van der Waals surface area contributed by atoms with Crippen molar-refractivity contribution in [2.45, 2.75) is 25.2 Å². The Balaban J connectivity index is 1.45. The number of hydrogen-bond acceptors (Lipinski definition) is 2. The topological polar surface area (TPSA) is 16.1 Å². The normalized spacial score (nSPS) is 19.0. The van der Waals surface area contributed by atoms with Crippen LogP contribution in [0.5, 0.6) is 0 Å². The number of pyridine rings is 1. The van der Waals surface area contributed by atoms with Gasteiger partial charge in [0.2, 0.25) is 0 Å². The quantitative estimate of drug-likeness (QED) is 0.833. The van der Waals surface area contributed by atoms with Crippen LogP contribution in [0.15, 0.2) is 48.8 Å². The molecule has 1 aromatic heterocycles. The summed E-state index contributed by atoms with van der Waals surface area (Å²) in [5.41, 5.74) is 2.58. The summed E-state index contributed by atoms with van der Waals surface area (Å²) in [5, 5.41) is 0. The minimum absolute atomic E-state index is 0.148. The van der Waals surface area contributed by atoms with Crippen LogP contribution in [0.25, 0.3) is 0 Å². The molecule has 0 saturated carbocycles. The van der Waals surface area contributed by atoms with Crippen molar-refractivity contribution in [1.82, 2.24) is 9.88 Å². The van der Waals surface area contributed by atoms with E-state index in [0.29, 0.717) is 5.92 Å². The highest BCUT2D eigenvalue weighted by atomic mass is 19.1. The van der Waals surface area contributed by atoms with E-state index < -0.39 is 0 Å². The molecule has 3 rings (SSSR count). The summed E-state index contributed by atoms with van der Waals surface area (Å²) in [6.07, 6.45) is 7.20. The van der Waals surface area contributed by atoms with Crippen molar-refractivity contribution < 1.29 is 4.39 Å². The Labute approximate surface area is 125 Å². The summed E-state index contributed by atoms with van der Waals surface area (Å²) in [6.45, 7) is 3.38. The molecule has 0 aliphatic carbocycles. The highest BCUT2D eigenvalue weighted by molar-refractivity contribution is 5.22. The lowest BCUT2D eigenvalue weighted by atomic mass is 9.99. The molecule has 1 saturated heterocycles. The second-order valence-corrected chi connectivity index (χ2v) is 5.80. The van der Waals surface area contributed by atoms with E-state index in [4.69, 9.17) is 0 Å². The van der Waals surface area contributed by atoms with E-state index in [-0.39, 0.29) is 5.82 Å². The first-order chi connectivity index (χ1) is 10.3. The largest absolute Gasteiger partial charge is 0.303 e. The first kappa shape index (κ1) is 14.2. The van der Waals surface area contributed by atoms with Crippen LogP contribution in [0.1, 0.15) is 29.9 Å². The molecule has 3 heteroatoms. The van der Waals surface area contributed by atoms with Crippen LogP contribution in [0.4, 0.5) is 4.39 Å². The van der Waals surface area contributed by atoms with Gasteiger partial charge in [-0.15, -0.1) is 0 Å². The maximum atomic E-state index is 13.0. The van der Waals surface area contributed by atoms with E-state index in [1.165, 1.54) is 24.0 Å². The van der Waals surface area contributed by atoms with Crippen molar-refractivity contribution in [1.29, 1.82) is 0 Å². The summed E-state index contributed by atoms with van der Waals surface area (Å²) in [5.74, 6) is 0.411. The zero-order valence-corrected chi connectivity index (χ0v) is 12.2. The van der Waals surface area contributed by atoms with Gasteiger partial charge in [-0.3, -0.25) is 4.98 Å². The molecule has 0 N–H and O–H groups in total. The average Bonchev–Trinajstić information content (AvgIpc) is 2.98. The molecule has 1 aromatic carbocycles. The second-order valence-electron chi connectivity index (χ2n) is 5.80. The molecule has 1 aliphatic rings. The maximum Gasteiger partial charge on any atom is 0.123 e. The fraction of sp³-hybridized carbons (Fsp3) is 0.389. The highest BCUT2D eigenvalue weighted by Crippen LogP contribution is 2.27. The van der Waals surface area contributed by atoms with E-state index >= 15 is 0 Å². The van der Waals surface area contributed by atoms with Gasteiger partial charge in [-0.05, 0) is 67.6 Å². The Hall–Kier alpha value is -1.74. The molecule has 0 radical (unpaired) electrons. The van der Waals surface area contributed by atoms with Gasteiger partial charge in [0.1, 0.15) is 5.82 Å². The van der Waals surface area contributed by atoms with Gasteiger partial charge in [-0.1, -0.05) is 18.2 Å². The Bertz CT molecular complexity index is 553. The number of aryl methyl sites for hydroxylation is 1. The number of benzene rings is 1. The van der Waals surface area contributed by atoms with Gasteiger partial charge >= 0.3 is 0 Å². The summed E-state index contributed by atoms with van der Waals surface area (Å²) in [6, 6.07) is 11.1. The van der Waals surface area contributed by atoms with E-state index in [1.54, 1.807) is 12.1 Å². The Morgan fingerprint density at radius 1 is 1.19 bits per heavy atom. The number of rotatable bonds is 5. The summed E-state index contributed by atoms with van der Waals surface area (Å²) >= 11 is 0. The molecular formula is C18H21FN2. The fourth-order valence-electron chi connectivity index (χ4n) is 3.10. The lowest BCUT2D eigenvalue weighted by molar-refractivity contribution is 0.329. The smallest absolute Gasteiger partial charge is 0.123 e. The van der Waals surface area contributed by atoms with Gasteiger partial charge in [0.15, 0.2) is 0 Å². The van der Waals surface area contributed by atoms with Crippen molar-refractivity contribution in [2.24, 2.45) is 0 Å². The lowest BCUT2D eigenvalue weighted by Gasteiger charge is -2.16. The molecule has 2 aromatic rings. The van der Waals surface area contributed by atoms with Gasteiger partial charge in [0.05, 0.1) is 0 Å². The van der Waals surface area contributed by atoms with E-state index in [2.05, 4.69) is 16.0 Å². The monoisotopic (exact) mass is 284 g/mol. The first-order valence-corrected chi connectivity index (χ1v) is 7.68. The molecule has 110 valence electrons. The van der Waals surface area contributed by atoms with Crippen molar-refractivity contribution in [3.63, 3.8) is 0 Å². The highest BCUT2D eigenvalue weighted by Gasteiger charge is 2.23. The van der Waals surface area contributed by atoms with Crippen molar-refractivity contribution in [3.05, 3.63) is 65.7 Å². The standard InChI is InChI=1S/C18H21FN2/c19-18-7-5-16(6-8-18)17-9-12-21(14-17)11-2-4-15-3-1-10-20-13-15/h1,3,5-8,10,13,17H,2,4,9,11-12,14H2. The Morgan fingerprint density at radius 2 is 2.05 bits per heavy atom. The second kappa shape index (κ2) is 6.81. The van der Waals surface area contributed by atoms with Crippen LogP contribution in [0.2, 0.25) is 0 Å². The third kappa shape index (κ3) is 3.88. The van der Waals surface area contributed by atoms with Crippen LogP contribution >= 0.6 is 0 Å². The third-order valence-corrected chi connectivity index (χ3v) is 4.28. The fourth-order valence-corrected chi connectivity index (χ4v) is 3.10. The van der Waals surface area contributed by atoms with Crippen LogP contribution in [-0.4, -0.2) is 29.5 Å². The maximum absolute atomic E-state index is 13.0. The molecule has 0 amide bonds. The number of halogens is 1. The van der Waals surface area contributed by atoms with Crippen LogP contribution in [0, 0.1) is 5.82 Å². The van der Waals surface area contributed by atoms with Gasteiger partial charge < -0.3 is 4.90 Å². The number of nitrogens with zero attached hydrogens (tertiary/aromatic N) is 2. The summed E-state index contributed by atoms with van der Waals surface area (Å²) < 4.78 is 13.0. The summed E-state index contributed by atoms with van der Waals surface area (Å²) in [4.78, 5) is 6.67. The van der Waals surface area contributed by atoms with E-state index in [0.717, 1.165) is 26.1 Å². The first-order valence-electron chi connectivity index (χ1n) is 7.68. The Kier molecular flexibility index (Phi) is 4.61. The minimum Gasteiger partial charge on any atom is -0.303 e. The van der Waals surface area contributed by atoms with Gasteiger partial charge in [0, 0.05) is 18.9 Å². The number of hydrogen-bond donors (Lipinski definition) is 0. The molecule has 0 bridgehead atoms. The molecular weight excluding hydrogens is 263 g/mol. The number of aromatic nitrogens is 1. The zero-order valence-electron chi connectivity index (χ0n) is 12.2. The van der Waals surface area contributed by atoms with Crippen LogP contribution in [-0.2, 0) is 6.42 Å². The van der Waals surface area contributed by atoms with Crippen LogP contribution < -0.4 is 0 Å². The molecule has 1 unspecified atom stereocenters. The molecule has 0 spiro atoms. The van der Waals surface area contributed by atoms with Gasteiger partial charge in [0.25, 0.3) is 0 Å². The zero-order chi connectivity index (χ0) is 14.5. The predicted octanol–water partition coefficient (Wildman–Crippen LogP) is 3.64. The predicted molar refractivity (Wildman–Crippen MR) is 82.8 cm³/mol. The number of likely N-dealkylation sites (tertiary alicyclic amines) is 1. The SMILES string of the molecule is Fc1ccc(C2CCN(CCCc3cccnc3)C2)cc1. The molecule has 1 aliphatic heterocycles. The molecule has 2 heterocycles. The molecule has 21 heavy (non-hydrogen) atoms. The Morgan fingerprint density at radius 3 is 2.81 bits per heavy atom. The van der Waals surface area contributed by atoms with Crippen molar-refractivity contribution >= 4 is 0 Å². The van der Waals surface area contributed by atoms with Crippen molar-refractivity contribution in [2.75, 3.05) is 19.6 Å². The lowest BCUT2D eigenvalue weighted by Crippen LogP contribution is -2.22. The summed E-state index contributed by atoms with van der Waals surface area (Å²) in [7, 11) is 0. The average molecular weight is 284 g/mol. The van der Waals surface area contributed by atoms with E-state index in [1.807, 2.05) is 30.6 Å². The molecule has 2 nitrogen and oxygen atoms in total. The third-order valence-electron chi connectivity index (χ3n) is 4.28. The van der Waals surface area contributed by atoms with Gasteiger partial charge in [-0.2, -0.15) is 0 Å². The minimum atomic E-state index is -0.148. The molecule has 1 fully saturated rings.